The third-order valence-electron chi connectivity index (χ3n) is 8.80. The minimum Gasteiger partial charge on any atom is -0.368 e. The molecule has 0 bridgehead atoms. The summed E-state index contributed by atoms with van der Waals surface area (Å²) in [5, 5.41) is 5.16. The lowest BCUT2D eigenvalue weighted by molar-refractivity contribution is 0.0932. The summed E-state index contributed by atoms with van der Waals surface area (Å²) in [6, 6.07) is 19.8. The van der Waals surface area contributed by atoms with E-state index in [0.29, 0.717) is 24.0 Å². The fourth-order valence-corrected chi connectivity index (χ4v) is 6.42. The number of nitrogens with one attached hydrogen (secondary N) is 1. The number of pyridine rings is 1. The van der Waals surface area contributed by atoms with Crippen LogP contribution in [0.15, 0.2) is 116 Å². The molecular weight excluding hydrogens is 573 g/mol. The summed E-state index contributed by atoms with van der Waals surface area (Å²) in [6.45, 7) is 4.37. The maximum atomic E-state index is 13.5. The van der Waals surface area contributed by atoms with Gasteiger partial charge in [-0.25, -0.2) is 4.39 Å². The Morgan fingerprint density at radius 2 is 1.61 bits per heavy atom. The Balaban J connectivity index is 0.000000471. The summed E-state index contributed by atoms with van der Waals surface area (Å²) >= 11 is 0. The van der Waals surface area contributed by atoms with Crippen LogP contribution in [0.5, 0.6) is 0 Å². The first kappa shape index (κ1) is 30.7. The summed E-state index contributed by atoms with van der Waals surface area (Å²) in [4.78, 5) is 32.4. The van der Waals surface area contributed by atoms with E-state index < -0.39 is 0 Å². The normalized spacial score (nSPS) is 16.5. The number of nitrogens with zero attached hydrogens (tertiary/aromatic N) is 2. The van der Waals surface area contributed by atoms with Gasteiger partial charge in [0.05, 0.1) is 11.9 Å². The van der Waals surface area contributed by atoms with Crippen molar-refractivity contribution in [2.24, 2.45) is 5.92 Å². The van der Waals surface area contributed by atoms with Crippen LogP contribution in [0.4, 0.5) is 10.1 Å². The Bertz CT molecular complexity index is 1990. The van der Waals surface area contributed by atoms with Crippen molar-refractivity contribution in [3.05, 3.63) is 154 Å². The number of fused-ring (bicyclic) bond motifs is 5. The molecule has 1 amide bonds. The zero-order valence-electron chi connectivity index (χ0n) is 26.2. The van der Waals surface area contributed by atoms with E-state index >= 15 is 0 Å². The average Bonchev–Trinajstić information content (AvgIpc) is 3.41. The van der Waals surface area contributed by atoms with Crippen molar-refractivity contribution in [1.29, 1.82) is 0 Å². The summed E-state index contributed by atoms with van der Waals surface area (Å²) in [5.74, 6) is -0.703. The number of carbonyl (C=O) groups excluding carboxylic acids is 2. The molecule has 1 N–H and O–H groups in total. The number of rotatable bonds is 4. The highest BCUT2D eigenvalue weighted by Gasteiger charge is 2.34. The Kier molecular flexibility index (Phi) is 8.62. The van der Waals surface area contributed by atoms with Gasteiger partial charge < -0.3 is 10.2 Å². The molecule has 1 unspecified atom stereocenters. The number of hydrogen-bond acceptors (Lipinski definition) is 4. The molecule has 2 aliphatic carbocycles. The van der Waals surface area contributed by atoms with Crippen LogP contribution in [0.1, 0.15) is 52.1 Å². The van der Waals surface area contributed by atoms with E-state index in [1.807, 2.05) is 67.0 Å². The second kappa shape index (κ2) is 12.9. The summed E-state index contributed by atoms with van der Waals surface area (Å²) in [6.07, 6.45) is 20.7. The molecular formula is C40H36FN3O2. The number of benzene rings is 3. The SMILES string of the molecule is C1=CC=CNC=C1.CN(C(=O)c1ccc2c(c1)CC=c1c-2ccc2c1=CC(C(=O)c1ccc(F)cc1)CC2(C)C)c1cccnc1. The second-order valence-corrected chi connectivity index (χ2v) is 12.3. The lowest BCUT2D eigenvalue weighted by Gasteiger charge is -2.34. The predicted octanol–water partition coefficient (Wildman–Crippen LogP) is 6.64. The number of hydrogen-bond donors (Lipinski definition) is 1. The van der Waals surface area contributed by atoms with Crippen LogP contribution < -0.4 is 20.7 Å². The molecule has 0 fully saturated rings. The third-order valence-corrected chi connectivity index (χ3v) is 8.80. The molecule has 0 saturated carbocycles. The largest absolute Gasteiger partial charge is 0.368 e. The standard InChI is InChI=1S/C34H29FN2O2.C6H7N/c1-34(2)19-24(32(38)21-6-10-25(35)11-7-21)18-30-29-13-8-22-17-23(9-12-27(22)28(29)14-15-31(30)34)33(39)37(3)26-5-4-16-36-20-26;1-2-4-6-7-5-3-1/h4-7,9-18,20,24H,8,19H2,1-3H3;1-7H. The first-order valence-electron chi connectivity index (χ1n) is 15.4. The van der Waals surface area contributed by atoms with Crippen molar-refractivity contribution >= 4 is 29.5 Å². The zero-order chi connectivity index (χ0) is 32.3. The molecule has 3 aliphatic rings. The van der Waals surface area contributed by atoms with Crippen molar-refractivity contribution in [2.75, 3.05) is 11.9 Å². The molecule has 1 aromatic heterocycles. The van der Waals surface area contributed by atoms with Crippen LogP contribution in [-0.2, 0) is 11.8 Å². The van der Waals surface area contributed by atoms with Gasteiger partial charge in [0.15, 0.2) is 5.78 Å². The highest BCUT2D eigenvalue weighted by atomic mass is 19.1. The number of anilines is 1. The molecule has 7 rings (SSSR count). The van der Waals surface area contributed by atoms with Crippen LogP contribution in [0.2, 0.25) is 0 Å². The zero-order valence-corrected chi connectivity index (χ0v) is 26.2. The van der Waals surface area contributed by atoms with E-state index in [4.69, 9.17) is 0 Å². The lowest BCUT2D eigenvalue weighted by atomic mass is 9.69. The highest BCUT2D eigenvalue weighted by molar-refractivity contribution is 6.06. The number of ketones is 1. The van der Waals surface area contributed by atoms with Gasteiger partial charge in [0.2, 0.25) is 0 Å². The topological polar surface area (TPSA) is 62.3 Å². The van der Waals surface area contributed by atoms with Gasteiger partial charge >= 0.3 is 0 Å². The molecule has 2 heterocycles. The van der Waals surface area contributed by atoms with Crippen LogP contribution in [0, 0.1) is 11.7 Å². The van der Waals surface area contributed by atoms with Gasteiger partial charge in [0, 0.05) is 42.7 Å². The molecule has 230 valence electrons. The third kappa shape index (κ3) is 6.24. The van der Waals surface area contributed by atoms with Crippen molar-refractivity contribution < 1.29 is 14.0 Å². The van der Waals surface area contributed by atoms with Crippen LogP contribution in [0.25, 0.3) is 23.3 Å². The molecule has 0 spiro atoms. The predicted molar refractivity (Wildman–Crippen MR) is 183 cm³/mol. The van der Waals surface area contributed by atoms with Crippen LogP contribution >= 0.6 is 0 Å². The Morgan fingerprint density at radius 1 is 0.891 bits per heavy atom. The quantitative estimate of drug-likeness (QED) is 0.264. The van der Waals surface area contributed by atoms with E-state index in [1.54, 1.807) is 36.5 Å². The molecule has 1 atom stereocenters. The van der Waals surface area contributed by atoms with Gasteiger partial charge in [0.25, 0.3) is 5.91 Å². The Labute approximate surface area is 268 Å². The molecule has 3 aromatic carbocycles. The maximum Gasteiger partial charge on any atom is 0.258 e. The van der Waals surface area contributed by atoms with E-state index in [2.05, 4.69) is 48.4 Å². The number of aromatic nitrogens is 1. The summed E-state index contributed by atoms with van der Waals surface area (Å²) < 4.78 is 13.5. The average molecular weight is 610 g/mol. The Morgan fingerprint density at radius 3 is 2.33 bits per heavy atom. The van der Waals surface area contributed by atoms with Crippen LogP contribution in [-0.4, -0.2) is 23.7 Å². The maximum absolute atomic E-state index is 13.5. The number of halogens is 1. The van der Waals surface area contributed by atoms with Gasteiger partial charge in [-0.05, 0) is 112 Å². The molecule has 5 nitrogen and oxygen atoms in total. The molecule has 4 aromatic rings. The van der Waals surface area contributed by atoms with E-state index in [-0.39, 0.29) is 28.8 Å². The lowest BCUT2D eigenvalue weighted by Crippen LogP contribution is -2.43. The van der Waals surface area contributed by atoms with Gasteiger partial charge in [-0.3, -0.25) is 14.6 Å². The van der Waals surface area contributed by atoms with Gasteiger partial charge in [-0.15, -0.1) is 0 Å². The van der Waals surface area contributed by atoms with E-state index in [0.717, 1.165) is 32.8 Å². The highest BCUT2D eigenvalue weighted by Crippen LogP contribution is 2.35. The second-order valence-electron chi connectivity index (χ2n) is 12.3. The van der Waals surface area contributed by atoms with Crippen molar-refractivity contribution in [1.82, 2.24) is 10.3 Å². The molecule has 0 saturated heterocycles. The molecule has 6 heteroatoms. The van der Waals surface area contributed by atoms with Crippen molar-refractivity contribution in [2.45, 2.75) is 32.1 Å². The fourth-order valence-electron chi connectivity index (χ4n) is 6.42. The Hall–Kier alpha value is -5.36. The number of Topliss-reactive ketones (excluding diaryl/α,β-unsaturated/α-hetero) is 1. The number of amides is 1. The monoisotopic (exact) mass is 609 g/mol. The number of carbonyl (C=O) groups is 2. The summed E-state index contributed by atoms with van der Waals surface area (Å²) in [5.41, 5.74) is 6.26. The summed E-state index contributed by atoms with van der Waals surface area (Å²) in [7, 11) is 1.76. The van der Waals surface area contributed by atoms with Crippen molar-refractivity contribution in [3.8, 4) is 11.1 Å². The van der Waals surface area contributed by atoms with Crippen LogP contribution in [0.3, 0.4) is 0 Å². The van der Waals surface area contributed by atoms with E-state index in [9.17, 15) is 14.0 Å². The fraction of sp³-hybridized carbons (Fsp3) is 0.175. The smallest absolute Gasteiger partial charge is 0.258 e. The minimum absolute atomic E-state index is 0.0171. The molecule has 1 aliphatic heterocycles. The molecule has 0 radical (unpaired) electrons. The minimum atomic E-state index is -0.347. The van der Waals surface area contributed by atoms with Crippen molar-refractivity contribution in [3.63, 3.8) is 0 Å². The van der Waals surface area contributed by atoms with E-state index in [1.165, 1.54) is 17.7 Å². The first-order chi connectivity index (χ1) is 22.2. The first-order valence-corrected chi connectivity index (χ1v) is 15.4. The van der Waals surface area contributed by atoms with Gasteiger partial charge in [-0.1, -0.05) is 56.4 Å². The van der Waals surface area contributed by atoms with Gasteiger partial charge in [0.1, 0.15) is 5.82 Å². The van der Waals surface area contributed by atoms with Gasteiger partial charge in [-0.2, -0.15) is 0 Å². The number of allylic oxidation sites excluding steroid dienone is 4. The molecule has 46 heavy (non-hydrogen) atoms.